The molecule has 0 heterocycles. The minimum absolute atomic E-state index is 0.332. The lowest BCUT2D eigenvalue weighted by Gasteiger charge is -1.99. The lowest BCUT2D eigenvalue weighted by molar-refractivity contribution is -0.137. The Labute approximate surface area is 155 Å². The minimum atomic E-state index is -0.664. The summed E-state index contributed by atoms with van der Waals surface area (Å²) < 4.78 is 0. The number of unbranched alkanes of at least 4 members (excludes halogenated alkanes) is 11. The van der Waals surface area contributed by atoms with Crippen LogP contribution in [0.5, 0.6) is 0 Å². The fraction of sp³-hybridized carbons (Fsp3) is 0.850. The van der Waals surface area contributed by atoms with Crippen LogP contribution in [0.1, 0.15) is 104 Å². The summed E-state index contributed by atoms with van der Waals surface area (Å²) in [6.45, 7) is 3.80. The van der Waals surface area contributed by atoms with E-state index in [1.54, 1.807) is 6.92 Å². The molecule has 0 radical (unpaired) electrons. The summed E-state index contributed by atoms with van der Waals surface area (Å²) in [5.74, 6) is 4.01. The van der Waals surface area contributed by atoms with Crippen molar-refractivity contribution in [3.8, 4) is 0 Å². The molecule has 0 aromatic carbocycles. The van der Waals surface area contributed by atoms with Crippen LogP contribution in [0, 0.1) is 0 Å². The number of rotatable bonds is 16. The van der Waals surface area contributed by atoms with Crippen molar-refractivity contribution in [3.05, 3.63) is 12.2 Å². The van der Waals surface area contributed by atoms with E-state index in [1.807, 2.05) is 0 Å². The highest BCUT2D eigenvalue weighted by Crippen LogP contribution is 2.09. The Morgan fingerprint density at radius 3 is 1.72 bits per heavy atom. The van der Waals surface area contributed by atoms with Gasteiger partial charge in [-0.25, -0.2) is 5.43 Å². The number of hydrazine groups is 1. The van der Waals surface area contributed by atoms with Gasteiger partial charge >= 0.3 is 5.97 Å². The molecule has 1 atom stereocenters. The van der Waals surface area contributed by atoms with Crippen molar-refractivity contribution in [2.45, 2.75) is 110 Å². The number of aliphatic hydroxyl groups excluding tert-OH is 1. The molecule has 150 valence electrons. The van der Waals surface area contributed by atoms with Crippen LogP contribution in [0.3, 0.4) is 0 Å². The molecule has 5 N–H and O–H groups in total. The summed E-state index contributed by atoms with van der Waals surface area (Å²) >= 11 is 0. The first kappa shape index (κ1) is 26.3. The van der Waals surface area contributed by atoms with Gasteiger partial charge in [0, 0.05) is 6.42 Å². The van der Waals surface area contributed by atoms with E-state index in [-0.39, 0.29) is 0 Å². The van der Waals surface area contributed by atoms with Crippen molar-refractivity contribution >= 4 is 5.97 Å². The summed E-state index contributed by atoms with van der Waals surface area (Å²) in [4.78, 5) is 10.3. The minimum Gasteiger partial charge on any atom is -0.481 e. The highest BCUT2D eigenvalue weighted by atomic mass is 16.4. The molecule has 0 aliphatic carbocycles. The van der Waals surface area contributed by atoms with Crippen LogP contribution in [0.15, 0.2) is 12.2 Å². The van der Waals surface area contributed by atoms with Crippen LogP contribution in [-0.4, -0.2) is 22.4 Å². The lowest BCUT2D eigenvalue weighted by Crippen LogP contribution is -2.31. The molecule has 0 fully saturated rings. The van der Waals surface area contributed by atoms with Crippen molar-refractivity contribution in [2.24, 2.45) is 5.84 Å². The molecule has 5 nitrogen and oxygen atoms in total. The Kier molecular flexibility index (Phi) is 24.3. The highest BCUT2D eigenvalue weighted by molar-refractivity contribution is 5.66. The second kappa shape index (κ2) is 23.1. The number of nitrogens with one attached hydrogen (secondary N) is 1. The van der Waals surface area contributed by atoms with E-state index in [0.29, 0.717) is 6.42 Å². The summed E-state index contributed by atoms with van der Waals surface area (Å²) in [7, 11) is 0. The number of aliphatic carboxylic acids is 1. The first-order chi connectivity index (χ1) is 12.0. The van der Waals surface area contributed by atoms with E-state index in [9.17, 15) is 4.79 Å². The molecule has 1 unspecified atom stereocenters. The average Bonchev–Trinajstić information content (AvgIpc) is 2.58. The number of allylic oxidation sites excluding steroid dienone is 2. The molecule has 0 aliphatic heterocycles. The number of aliphatic hydroxyl groups is 1. The third kappa shape index (κ3) is 31.4. The molecular weight excluding hydrogens is 316 g/mol. The molecule has 0 amide bonds. The van der Waals surface area contributed by atoms with Gasteiger partial charge in [-0.3, -0.25) is 10.6 Å². The van der Waals surface area contributed by atoms with Gasteiger partial charge in [-0.05, 0) is 39.0 Å². The van der Waals surface area contributed by atoms with E-state index < -0.39 is 12.2 Å². The molecule has 25 heavy (non-hydrogen) atoms. The zero-order valence-corrected chi connectivity index (χ0v) is 16.5. The SMILES string of the molecule is CC(O)NN.CCCCCCCC/C=C\CCCCCCCC(=O)O. The van der Waals surface area contributed by atoms with E-state index >= 15 is 0 Å². The molecule has 0 saturated heterocycles. The fourth-order valence-electron chi connectivity index (χ4n) is 2.35. The van der Waals surface area contributed by atoms with Crippen molar-refractivity contribution in [1.29, 1.82) is 0 Å². The number of nitrogens with two attached hydrogens (primary N) is 1. The maximum Gasteiger partial charge on any atom is 0.303 e. The topological polar surface area (TPSA) is 95.6 Å². The second-order valence-corrected chi connectivity index (χ2v) is 6.57. The number of hydrogen-bond donors (Lipinski definition) is 4. The van der Waals surface area contributed by atoms with Gasteiger partial charge in [0.05, 0.1) is 0 Å². The Bertz CT molecular complexity index is 295. The van der Waals surface area contributed by atoms with Crippen molar-refractivity contribution in [3.63, 3.8) is 0 Å². The van der Waals surface area contributed by atoms with Crippen LogP contribution in [0.25, 0.3) is 0 Å². The van der Waals surface area contributed by atoms with Gasteiger partial charge in [-0.1, -0.05) is 70.4 Å². The van der Waals surface area contributed by atoms with Gasteiger partial charge in [0.15, 0.2) is 0 Å². The third-order valence-corrected chi connectivity index (χ3v) is 3.89. The van der Waals surface area contributed by atoms with Crippen molar-refractivity contribution < 1.29 is 15.0 Å². The number of carbonyl (C=O) groups is 1. The largest absolute Gasteiger partial charge is 0.481 e. The molecule has 0 aromatic rings. The predicted octanol–water partition coefficient (Wildman–Crippen LogP) is 4.90. The second-order valence-electron chi connectivity index (χ2n) is 6.57. The van der Waals surface area contributed by atoms with E-state index in [2.05, 4.69) is 30.3 Å². The molecule has 5 heteroatoms. The van der Waals surface area contributed by atoms with E-state index in [0.717, 1.165) is 12.8 Å². The van der Waals surface area contributed by atoms with Crippen LogP contribution in [-0.2, 0) is 4.79 Å². The predicted molar refractivity (Wildman–Crippen MR) is 106 cm³/mol. The third-order valence-electron chi connectivity index (χ3n) is 3.89. The van der Waals surface area contributed by atoms with E-state index in [4.69, 9.17) is 10.2 Å². The van der Waals surface area contributed by atoms with Gasteiger partial charge in [0.1, 0.15) is 6.23 Å². The van der Waals surface area contributed by atoms with Crippen molar-refractivity contribution in [2.75, 3.05) is 0 Å². The number of hydrogen-bond acceptors (Lipinski definition) is 4. The Morgan fingerprint density at radius 2 is 1.32 bits per heavy atom. The van der Waals surface area contributed by atoms with Crippen LogP contribution in [0.2, 0.25) is 0 Å². The van der Waals surface area contributed by atoms with Gasteiger partial charge in [-0.2, -0.15) is 0 Å². The Balaban J connectivity index is 0. The average molecular weight is 359 g/mol. The zero-order chi connectivity index (χ0) is 19.2. The summed E-state index contributed by atoms with van der Waals surface area (Å²) in [6, 6.07) is 0. The molecule has 0 aliphatic rings. The Morgan fingerprint density at radius 1 is 0.920 bits per heavy atom. The molecule has 0 rings (SSSR count). The van der Waals surface area contributed by atoms with Gasteiger partial charge in [0.2, 0.25) is 0 Å². The normalized spacial score (nSPS) is 12.0. The van der Waals surface area contributed by atoms with Crippen molar-refractivity contribution in [1.82, 2.24) is 5.43 Å². The molecule has 0 spiro atoms. The monoisotopic (exact) mass is 358 g/mol. The molecular formula is C20H42N2O3. The molecule has 0 saturated carbocycles. The van der Waals surface area contributed by atoms with Crippen LogP contribution in [0.4, 0.5) is 0 Å². The first-order valence-electron chi connectivity index (χ1n) is 10.1. The highest BCUT2D eigenvalue weighted by Gasteiger charge is 1.95. The molecule has 0 aromatic heterocycles. The van der Waals surface area contributed by atoms with Gasteiger partial charge in [-0.15, -0.1) is 0 Å². The first-order valence-corrected chi connectivity index (χ1v) is 10.1. The number of carboxylic acid groups (broad SMARTS) is 1. The van der Waals surface area contributed by atoms with E-state index in [1.165, 1.54) is 70.6 Å². The summed E-state index contributed by atoms with van der Waals surface area (Å²) in [5, 5.41) is 16.6. The molecule has 0 bridgehead atoms. The summed E-state index contributed by atoms with van der Waals surface area (Å²) in [6.07, 6.45) is 20.7. The maximum atomic E-state index is 10.3. The standard InChI is InChI=1S/C18H34O2.C2H8N2O/c1-2-3-4-5-6-7-8-9-10-11-12-13-14-15-16-17-18(19)20;1-2(5)4-3/h9-10H,2-8,11-17H2,1H3,(H,19,20);2,4-5H,3H2,1H3/b10-9-;. The lowest BCUT2D eigenvalue weighted by atomic mass is 10.1. The Hall–Kier alpha value is -0.910. The van der Waals surface area contributed by atoms with Crippen LogP contribution >= 0.6 is 0 Å². The zero-order valence-electron chi connectivity index (χ0n) is 16.5. The van der Waals surface area contributed by atoms with Gasteiger partial charge < -0.3 is 10.2 Å². The van der Waals surface area contributed by atoms with Crippen LogP contribution < -0.4 is 11.3 Å². The summed E-state index contributed by atoms with van der Waals surface area (Å²) in [5.41, 5.74) is 2.08. The van der Waals surface area contributed by atoms with Gasteiger partial charge in [0.25, 0.3) is 0 Å². The number of carboxylic acids is 1. The fourth-order valence-corrected chi connectivity index (χ4v) is 2.35. The quantitative estimate of drug-likeness (QED) is 0.103. The smallest absolute Gasteiger partial charge is 0.303 e. The maximum absolute atomic E-state index is 10.3.